The number of hydrogen-bond acceptors (Lipinski definition) is 5. The lowest BCUT2D eigenvalue weighted by Gasteiger charge is -2.28. The van der Waals surface area contributed by atoms with E-state index < -0.39 is 5.82 Å². The van der Waals surface area contributed by atoms with Crippen molar-refractivity contribution in [3.05, 3.63) is 24.0 Å². The first kappa shape index (κ1) is 13.9. The molecule has 1 aliphatic rings. The van der Waals surface area contributed by atoms with E-state index in [0.717, 1.165) is 26.1 Å². The first-order chi connectivity index (χ1) is 10.1. The predicted octanol–water partition coefficient (Wildman–Crippen LogP) is 2.05. The molecule has 0 radical (unpaired) electrons. The van der Waals surface area contributed by atoms with Crippen LogP contribution in [0.25, 0.3) is 11.4 Å². The van der Waals surface area contributed by atoms with Gasteiger partial charge in [0.1, 0.15) is 5.82 Å². The maximum absolute atomic E-state index is 13.5. The molecule has 0 saturated carbocycles. The molecule has 0 amide bonds. The topological polar surface area (TPSA) is 78.8 Å². The van der Waals surface area contributed by atoms with Crippen LogP contribution in [0.2, 0.25) is 0 Å². The van der Waals surface area contributed by atoms with E-state index in [2.05, 4.69) is 22.4 Å². The van der Waals surface area contributed by atoms with Gasteiger partial charge in [0.15, 0.2) is 5.82 Å². The molecule has 1 fully saturated rings. The summed E-state index contributed by atoms with van der Waals surface area (Å²) in [6.45, 7) is 3.61. The Balaban J connectivity index is 1.92. The van der Waals surface area contributed by atoms with Crippen molar-refractivity contribution < 1.29 is 9.13 Å². The zero-order valence-electron chi connectivity index (χ0n) is 11.9. The first-order valence-corrected chi connectivity index (χ1v) is 7.07. The Morgan fingerprint density at radius 2 is 2.10 bits per heavy atom. The highest BCUT2D eigenvalue weighted by Crippen LogP contribution is 2.30. The molecular formula is C14H18FN5O. The highest BCUT2D eigenvalue weighted by Gasteiger charge is 2.25. The van der Waals surface area contributed by atoms with Gasteiger partial charge in [-0.1, -0.05) is 0 Å². The largest absolute Gasteiger partial charge is 0.399 e. The summed E-state index contributed by atoms with van der Waals surface area (Å²) in [5, 5.41) is 11.9. The van der Waals surface area contributed by atoms with Crippen LogP contribution < -0.4 is 5.73 Å². The van der Waals surface area contributed by atoms with Crippen LogP contribution in [-0.4, -0.2) is 33.4 Å². The number of rotatable bonds is 3. The van der Waals surface area contributed by atoms with Crippen LogP contribution in [0.15, 0.2) is 18.2 Å². The van der Waals surface area contributed by atoms with Gasteiger partial charge in [-0.3, -0.25) is 0 Å². The van der Waals surface area contributed by atoms with Crippen molar-refractivity contribution in [2.24, 2.45) is 5.92 Å². The van der Waals surface area contributed by atoms with Crippen LogP contribution in [0.4, 0.5) is 10.1 Å². The average molecular weight is 291 g/mol. The van der Waals surface area contributed by atoms with E-state index in [0.29, 0.717) is 23.0 Å². The molecule has 1 aromatic heterocycles. The summed E-state index contributed by atoms with van der Waals surface area (Å²) in [5.41, 5.74) is 6.65. The predicted molar refractivity (Wildman–Crippen MR) is 75.9 cm³/mol. The minimum atomic E-state index is -0.390. The molecule has 1 aliphatic heterocycles. The maximum atomic E-state index is 13.5. The van der Waals surface area contributed by atoms with Gasteiger partial charge >= 0.3 is 0 Å². The van der Waals surface area contributed by atoms with Crippen LogP contribution in [-0.2, 0) is 4.74 Å². The molecule has 0 spiro atoms. The van der Waals surface area contributed by atoms with E-state index in [1.807, 2.05) is 0 Å². The molecule has 112 valence electrons. The zero-order valence-corrected chi connectivity index (χ0v) is 11.9. The van der Waals surface area contributed by atoms with E-state index in [9.17, 15) is 4.39 Å². The summed E-state index contributed by atoms with van der Waals surface area (Å²) < 4.78 is 20.7. The molecule has 0 aliphatic carbocycles. The number of benzene rings is 1. The Morgan fingerprint density at radius 3 is 2.81 bits per heavy atom. The summed E-state index contributed by atoms with van der Waals surface area (Å²) >= 11 is 0. The van der Waals surface area contributed by atoms with Gasteiger partial charge in [0.05, 0.1) is 6.04 Å². The summed E-state index contributed by atoms with van der Waals surface area (Å²) in [4.78, 5) is 0. The van der Waals surface area contributed by atoms with E-state index in [1.165, 1.54) is 12.1 Å². The smallest absolute Gasteiger partial charge is 0.182 e. The second kappa shape index (κ2) is 5.77. The summed E-state index contributed by atoms with van der Waals surface area (Å²) in [5.74, 6) is 0.602. The van der Waals surface area contributed by atoms with Gasteiger partial charge in [-0.2, -0.15) is 0 Å². The van der Waals surface area contributed by atoms with Gasteiger partial charge in [0.25, 0.3) is 0 Å². The number of ether oxygens (including phenoxy) is 1. The fourth-order valence-electron chi connectivity index (χ4n) is 2.80. The standard InChI is InChI=1S/C14H18FN5O/c1-9(10-2-4-21-5-3-10)20-14(17-18-19-20)11-6-12(15)8-13(16)7-11/h6-10H,2-5,16H2,1H3. The van der Waals surface area contributed by atoms with Crippen molar-refractivity contribution in [2.45, 2.75) is 25.8 Å². The second-order valence-electron chi connectivity index (χ2n) is 5.41. The molecule has 2 aromatic rings. The Hall–Kier alpha value is -2.02. The Morgan fingerprint density at radius 1 is 1.33 bits per heavy atom. The molecule has 3 rings (SSSR count). The highest BCUT2D eigenvalue weighted by atomic mass is 19.1. The third-order valence-electron chi connectivity index (χ3n) is 4.01. The van der Waals surface area contributed by atoms with E-state index in [-0.39, 0.29) is 6.04 Å². The van der Waals surface area contributed by atoms with Crippen LogP contribution in [0.5, 0.6) is 0 Å². The van der Waals surface area contributed by atoms with Gasteiger partial charge in [0, 0.05) is 24.5 Å². The number of nitrogens with zero attached hydrogens (tertiary/aromatic N) is 4. The average Bonchev–Trinajstić information content (AvgIpc) is 2.96. The lowest BCUT2D eigenvalue weighted by atomic mass is 9.93. The number of nitrogens with two attached hydrogens (primary N) is 1. The van der Waals surface area contributed by atoms with Crippen molar-refractivity contribution in [1.82, 2.24) is 20.2 Å². The van der Waals surface area contributed by atoms with Crippen molar-refractivity contribution in [1.29, 1.82) is 0 Å². The van der Waals surface area contributed by atoms with Crippen molar-refractivity contribution >= 4 is 5.69 Å². The molecular weight excluding hydrogens is 273 g/mol. The molecule has 1 atom stereocenters. The third kappa shape index (κ3) is 2.87. The van der Waals surface area contributed by atoms with Crippen molar-refractivity contribution in [3.63, 3.8) is 0 Å². The van der Waals surface area contributed by atoms with Gasteiger partial charge < -0.3 is 10.5 Å². The SMILES string of the molecule is CC(C1CCOCC1)n1nnnc1-c1cc(N)cc(F)c1. The minimum absolute atomic E-state index is 0.128. The molecule has 2 heterocycles. The summed E-state index contributed by atoms with van der Waals surface area (Å²) in [7, 11) is 0. The number of anilines is 1. The van der Waals surface area contributed by atoms with Gasteiger partial charge in [-0.25, -0.2) is 9.07 Å². The molecule has 7 heteroatoms. The monoisotopic (exact) mass is 291 g/mol. The second-order valence-corrected chi connectivity index (χ2v) is 5.41. The Kier molecular flexibility index (Phi) is 3.83. The molecule has 6 nitrogen and oxygen atoms in total. The van der Waals surface area contributed by atoms with Crippen LogP contribution in [0, 0.1) is 11.7 Å². The lowest BCUT2D eigenvalue weighted by molar-refractivity contribution is 0.0495. The number of halogens is 1. The molecule has 21 heavy (non-hydrogen) atoms. The summed E-state index contributed by atoms with van der Waals surface area (Å²) in [6, 6.07) is 4.49. The molecule has 2 N–H and O–H groups in total. The maximum Gasteiger partial charge on any atom is 0.182 e. The normalized spacial score (nSPS) is 17.8. The molecule has 0 bridgehead atoms. The van der Waals surface area contributed by atoms with E-state index in [1.54, 1.807) is 10.7 Å². The minimum Gasteiger partial charge on any atom is -0.399 e. The zero-order chi connectivity index (χ0) is 14.8. The van der Waals surface area contributed by atoms with Crippen LogP contribution in [0.3, 0.4) is 0 Å². The summed E-state index contributed by atoms with van der Waals surface area (Å²) in [6.07, 6.45) is 1.96. The van der Waals surface area contributed by atoms with Gasteiger partial charge in [0.2, 0.25) is 0 Å². The highest BCUT2D eigenvalue weighted by molar-refractivity contribution is 5.61. The third-order valence-corrected chi connectivity index (χ3v) is 4.01. The fourth-order valence-corrected chi connectivity index (χ4v) is 2.80. The van der Waals surface area contributed by atoms with Gasteiger partial charge in [-0.05, 0) is 54.3 Å². The number of tetrazole rings is 1. The molecule has 1 saturated heterocycles. The Bertz CT molecular complexity index is 603. The number of aromatic nitrogens is 4. The first-order valence-electron chi connectivity index (χ1n) is 7.07. The van der Waals surface area contributed by atoms with E-state index >= 15 is 0 Å². The van der Waals surface area contributed by atoms with Crippen LogP contribution >= 0.6 is 0 Å². The van der Waals surface area contributed by atoms with Crippen molar-refractivity contribution in [2.75, 3.05) is 18.9 Å². The number of nitrogen functional groups attached to an aromatic ring is 1. The molecule has 1 aromatic carbocycles. The lowest BCUT2D eigenvalue weighted by Crippen LogP contribution is -2.25. The van der Waals surface area contributed by atoms with Crippen LogP contribution in [0.1, 0.15) is 25.8 Å². The molecule has 1 unspecified atom stereocenters. The quantitative estimate of drug-likeness (QED) is 0.876. The number of hydrogen-bond donors (Lipinski definition) is 1. The van der Waals surface area contributed by atoms with Gasteiger partial charge in [-0.15, -0.1) is 5.10 Å². The fraction of sp³-hybridized carbons (Fsp3) is 0.500. The van der Waals surface area contributed by atoms with Crippen molar-refractivity contribution in [3.8, 4) is 11.4 Å². The Labute approximate surface area is 122 Å². The van der Waals surface area contributed by atoms with E-state index in [4.69, 9.17) is 10.5 Å².